The largest absolute Gasteiger partial charge is 0.314 e. The van der Waals surface area contributed by atoms with E-state index in [2.05, 4.69) is 28.5 Å². The predicted octanol–water partition coefficient (Wildman–Crippen LogP) is -0.261. The monoisotopic (exact) mass is 182 g/mol. The summed E-state index contributed by atoms with van der Waals surface area (Å²) in [5.74, 6) is 0. The molecule has 1 fully saturated rings. The maximum absolute atomic E-state index is 8.64. The Balaban J connectivity index is 2.29. The van der Waals surface area contributed by atoms with Crippen molar-refractivity contribution in [2.45, 2.75) is 26.1 Å². The Morgan fingerprint density at radius 3 is 2.54 bits per heavy atom. The second-order valence-corrected chi connectivity index (χ2v) is 3.48. The van der Waals surface area contributed by atoms with Crippen molar-refractivity contribution in [3.8, 4) is 6.07 Å². The van der Waals surface area contributed by atoms with Crippen LogP contribution in [0.25, 0.3) is 0 Å². The van der Waals surface area contributed by atoms with Gasteiger partial charge in [0.05, 0.1) is 18.3 Å². The molecule has 1 heterocycles. The molecule has 0 aromatic rings. The number of piperazine rings is 1. The lowest BCUT2D eigenvalue weighted by Crippen LogP contribution is -2.53. The summed E-state index contributed by atoms with van der Waals surface area (Å²) in [5, 5.41) is 15.2. The van der Waals surface area contributed by atoms with Crippen molar-refractivity contribution in [2.75, 3.05) is 26.2 Å². The quantitative estimate of drug-likeness (QED) is 0.631. The Morgan fingerprint density at radius 2 is 2.00 bits per heavy atom. The van der Waals surface area contributed by atoms with Crippen molar-refractivity contribution in [2.24, 2.45) is 0 Å². The van der Waals surface area contributed by atoms with Crippen LogP contribution in [0.1, 0.15) is 13.8 Å². The minimum absolute atomic E-state index is 0.0649. The molecule has 0 amide bonds. The highest BCUT2D eigenvalue weighted by atomic mass is 15.3. The minimum Gasteiger partial charge on any atom is -0.314 e. The zero-order chi connectivity index (χ0) is 9.68. The van der Waals surface area contributed by atoms with Gasteiger partial charge in [-0.25, -0.2) is 0 Å². The van der Waals surface area contributed by atoms with Crippen LogP contribution in [-0.4, -0.2) is 43.3 Å². The second-order valence-electron chi connectivity index (χ2n) is 3.48. The van der Waals surface area contributed by atoms with Gasteiger partial charge in [-0.2, -0.15) is 5.26 Å². The second kappa shape index (κ2) is 5.18. The smallest absolute Gasteiger partial charge is 0.0936 e. The topological polar surface area (TPSA) is 51.1 Å². The molecule has 74 valence electrons. The molecule has 4 heteroatoms. The van der Waals surface area contributed by atoms with Gasteiger partial charge in [-0.3, -0.25) is 10.2 Å². The van der Waals surface area contributed by atoms with Gasteiger partial charge < -0.3 is 5.32 Å². The number of nitrogens with zero attached hydrogens (tertiary/aromatic N) is 2. The summed E-state index contributed by atoms with van der Waals surface area (Å²) in [5.41, 5.74) is 0. The molecule has 1 saturated heterocycles. The Hall–Kier alpha value is -0.630. The normalized spacial score (nSPS) is 23.5. The third-order valence-electron chi connectivity index (χ3n) is 2.38. The Kier molecular flexibility index (Phi) is 4.16. The first-order valence-electron chi connectivity index (χ1n) is 4.84. The van der Waals surface area contributed by atoms with Crippen LogP contribution in [0.5, 0.6) is 0 Å². The van der Waals surface area contributed by atoms with E-state index in [1.54, 1.807) is 0 Å². The van der Waals surface area contributed by atoms with Gasteiger partial charge in [0.25, 0.3) is 0 Å². The molecule has 0 aromatic carbocycles. The third kappa shape index (κ3) is 3.31. The molecule has 4 nitrogen and oxygen atoms in total. The minimum atomic E-state index is -0.0649. The molecule has 0 spiro atoms. The van der Waals surface area contributed by atoms with Crippen LogP contribution < -0.4 is 10.6 Å². The fourth-order valence-electron chi connectivity index (χ4n) is 1.57. The zero-order valence-electron chi connectivity index (χ0n) is 8.38. The Morgan fingerprint density at radius 1 is 1.38 bits per heavy atom. The molecule has 0 saturated carbocycles. The van der Waals surface area contributed by atoms with Gasteiger partial charge in [0.15, 0.2) is 0 Å². The molecule has 0 aliphatic carbocycles. The lowest BCUT2D eigenvalue weighted by atomic mass is 10.3. The van der Waals surface area contributed by atoms with Crippen molar-refractivity contribution >= 4 is 0 Å². The maximum Gasteiger partial charge on any atom is 0.0936 e. The molecule has 0 aromatic heterocycles. The van der Waals surface area contributed by atoms with Crippen LogP contribution in [0.2, 0.25) is 0 Å². The highest BCUT2D eigenvalue weighted by molar-refractivity contribution is 4.87. The number of hydrogen-bond donors (Lipinski definition) is 2. The van der Waals surface area contributed by atoms with Crippen LogP contribution in [0.3, 0.4) is 0 Å². The molecular weight excluding hydrogens is 164 g/mol. The summed E-state index contributed by atoms with van der Waals surface area (Å²) in [7, 11) is 0. The molecule has 1 rings (SSSR count). The molecule has 1 aliphatic heterocycles. The maximum atomic E-state index is 8.64. The molecule has 13 heavy (non-hydrogen) atoms. The van der Waals surface area contributed by atoms with E-state index in [0.717, 1.165) is 26.2 Å². The van der Waals surface area contributed by atoms with E-state index in [-0.39, 0.29) is 6.04 Å². The fraction of sp³-hybridized carbons (Fsp3) is 0.889. The molecule has 1 aliphatic rings. The molecule has 0 radical (unpaired) electrons. The van der Waals surface area contributed by atoms with E-state index in [1.165, 1.54) is 0 Å². The van der Waals surface area contributed by atoms with Crippen molar-refractivity contribution in [1.29, 1.82) is 5.26 Å². The summed E-state index contributed by atoms with van der Waals surface area (Å²) in [6.07, 6.45) is 0.303. The highest BCUT2D eigenvalue weighted by Crippen LogP contribution is 1.98. The first kappa shape index (κ1) is 10.5. The van der Waals surface area contributed by atoms with Crippen LogP contribution >= 0.6 is 0 Å². The molecule has 2 atom stereocenters. The van der Waals surface area contributed by atoms with Crippen LogP contribution in [0.4, 0.5) is 0 Å². The standard InChI is InChI=1S/C9H18N4/c1-8(7-10)12-9(2)13-5-3-11-4-6-13/h8-9,11-12H,3-6H2,1-2H3. The van der Waals surface area contributed by atoms with E-state index in [9.17, 15) is 0 Å². The SMILES string of the molecule is CC(C#N)NC(C)N1CCNCC1. The lowest BCUT2D eigenvalue weighted by molar-refractivity contribution is 0.154. The van der Waals surface area contributed by atoms with Gasteiger partial charge in [-0.1, -0.05) is 0 Å². The van der Waals surface area contributed by atoms with Gasteiger partial charge in [-0.05, 0) is 13.8 Å². The number of rotatable bonds is 3. The average Bonchev–Trinajstić information content (AvgIpc) is 2.19. The molecular formula is C9H18N4. The summed E-state index contributed by atoms with van der Waals surface area (Å²) in [6.45, 7) is 8.22. The fourth-order valence-corrected chi connectivity index (χ4v) is 1.57. The highest BCUT2D eigenvalue weighted by Gasteiger charge is 2.16. The van der Waals surface area contributed by atoms with Crippen molar-refractivity contribution in [3.63, 3.8) is 0 Å². The van der Waals surface area contributed by atoms with Gasteiger partial charge in [0, 0.05) is 26.2 Å². The van der Waals surface area contributed by atoms with E-state index in [1.807, 2.05) is 6.92 Å². The third-order valence-corrected chi connectivity index (χ3v) is 2.38. The summed E-state index contributed by atoms with van der Waals surface area (Å²) >= 11 is 0. The number of hydrogen-bond acceptors (Lipinski definition) is 4. The number of nitrogens with one attached hydrogen (secondary N) is 2. The molecule has 0 bridgehead atoms. The van der Waals surface area contributed by atoms with E-state index in [0.29, 0.717) is 6.17 Å². The van der Waals surface area contributed by atoms with Gasteiger partial charge in [-0.15, -0.1) is 0 Å². The Bertz CT molecular complexity index is 181. The van der Waals surface area contributed by atoms with E-state index < -0.39 is 0 Å². The summed E-state index contributed by atoms with van der Waals surface area (Å²) < 4.78 is 0. The Labute approximate surface area is 79.9 Å². The van der Waals surface area contributed by atoms with Crippen LogP contribution in [-0.2, 0) is 0 Å². The first-order valence-corrected chi connectivity index (χ1v) is 4.84. The van der Waals surface area contributed by atoms with E-state index in [4.69, 9.17) is 5.26 Å². The van der Waals surface area contributed by atoms with Crippen LogP contribution in [0.15, 0.2) is 0 Å². The van der Waals surface area contributed by atoms with Gasteiger partial charge in [0.1, 0.15) is 0 Å². The van der Waals surface area contributed by atoms with E-state index >= 15 is 0 Å². The van der Waals surface area contributed by atoms with Crippen molar-refractivity contribution in [1.82, 2.24) is 15.5 Å². The first-order chi connectivity index (χ1) is 6.24. The average molecular weight is 182 g/mol. The summed E-state index contributed by atoms with van der Waals surface area (Å²) in [4.78, 5) is 2.35. The molecule has 2 N–H and O–H groups in total. The van der Waals surface area contributed by atoms with Crippen molar-refractivity contribution in [3.05, 3.63) is 0 Å². The van der Waals surface area contributed by atoms with Gasteiger partial charge >= 0.3 is 0 Å². The van der Waals surface area contributed by atoms with Crippen LogP contribution in [0, 0.1) is 11.3 Å². The zero-order valence-corrected chi connectivity index (χ0v) is 8.38. The number of nitriles is 1. The van der Waals surface area contributed by atoms with Crippen molar-refractivity contribution < 1.29 is 0 Å². The predicted molar refractivity (Wildman–Crippen MR) is 52.1 cm³/mol. The molecule has 2 unspecified atom stereocenters. The summed E-state index contributed by atoms with van der Waals surface area (Å²) in [6, 6.07) is 2.12. The van der Waals surface area contributed by atoms with Gasteiger partial charge in [0.2, 0.25) is 0 Å². The lowest BCUT2D eigenvalue weighted by Gasteiger charge is -2.33.